The third-order valence-corrected chi connectivity index (χ3v) is 7.25. The lowest BCUT2D eigenvalue weighted by Gasteiger charge is -2.39. The van der Waals surface area contributed by atoms with Crippen LogP contribution in [0.5, 0.6) is 0 Å². The Balaban J connectivity index is 1.66. The second kappa shape index (κ2) is 18.5. The van der Waals surface area contributed by atoms with Crippen molar-refractivity contribution in [3.8, 4) is 0 Å². The summed E-state index contributed by atoms with van der Waals surface area (Å²) in [5.41, 5.74) is 0. The lowest BCUT2D eigenvalue weighted by atomic mass is 9.99. The van der Waals surface area contributed by atoms with Crippen molar-refractivity contribution in [3.63, 3.8) is 0 Å². The number of cyclic esters (lactones) is 1. The Morgan fingerprint density at radius 2 is 1.43 bits per heavy atom. The van der Waals surface area contributed by atoms with Gasteiger partial charge in [0.25, 0.3) is 0 Å². The van der Waals surface area contributed by atoms with Gasteiger partial charge in [0, 0.05) is 6.42 Å². The maximum atomic E-state index is 12.2. The minimum absolute atomic E-state index is 0.187. The molecule has 232 valence electrons. The van der Waals surface area contributed by atoms with Gasteiger partial charge in [-0.1, -0.05) is 84.0 Å². The molecule has 1 saturated heterocycles. The van der Waals surface area contributed by atoms with E-state index in [0.717, 1.165) is 19.3 Å². The fraction of sp³-hybridized carbons (Fsp3) is 0.857. The predicted molar refractivity (Wildman–Crippen MR) is 142 cm³/mol. The highest BCUT2D eigenvalue weighted by Gasteiger charge is 2.48. The molecule has 1 fully saturated rings. The van der Waals surface area contributed by atoms with E-state index in [9.17, 15) is 35.1 Å². The van der Waals surface area contributed by atoms with Gasteiger partial charge in [-0.3, -0.25) is 4.79 Å². The molecule has 0 spiro atoms. The third-order valence-electron chi connectivity index (χ3n) is 7.25. The number of hydrogen-bond donors (Lipinski definition) is 6. The Bertz CT molecular complexity index is 787. The highest BCUT2D eigenvalue weighted by Crippen LogP contribution is 2.30. The van der Waals surface area contributed by atoms with Crippen molar-refractivity contribution in [1.82, 2.24) is 0 Å². The second-order valence-electron chi connectivity index (χ2n) is 10.6. The first-order valence-corrected chi connectivity index (χ1v) is 14.7. The van der Waals surface area contributed by atoms with E-state index in [4.69, 9.17) is 24.1 Å². The van der Waals surface area contributed by atoms with Crippen LogP contribution in [0.3, 0.4) is 0 Å². The molecule has 0 aromatic carbocycles. The predicted octanol–water partition coefficient (Wildman–Crippen LogP) is 1.88. The number of unbranched alkanes of at least 4 members (excludes halogenated alkanes) is 12. The average molecular weight is 577 g/mol. The zero-order valence-corrected chi connectivity index (χ0v) is 23.5. The minimum atomic E-state index is -1.83. The van der Waals surface area contributed by atoms with Crippen molar-refractivity contribution in [1.29, 1.82) is 0 Å². The van der Waals surface area contributed by atoms with Gasteiger partial charge in [0.15, 0.2) is 11.9 Å². The molecule has 2 aliphatic rings. The van der Waals surface area contributed by atoms with Crippen LogP contribution in [0.4, 0.5) is 0 Å². The molecule has 1 unspecified atom stereocenters. The number of esters is 2. The molecular formula is C28H48O12. The van der Waals surface area contributed by atoms with E-state index >= 15 is 0 Å². The number of aliphatic hydroxyl groups is 6. The lowest BCUT2D eigenvalue weighted by molar-refractivity contribution is -0.292. The molecule has 6 N–H and O–H groups in total. The first kappa shape index (κ1) is 34.2. The summed E-state index contributed by atoms with van der Waals surface area (Å²) in [6.45, 7) is 0.973. The molecule has 12 heteroatoms. The van der Waals surface area contributed by atoms with Crippen molar-refractivity contribution in [3.05, 3.63) is 11.5 Å². The van der Waals surface area contributed by atoms with Gasteiger partial charge in [-0.05, 0) is 6.42 Å². The fourth-order valence-corrected chi connectivity index (χ4v) is 4.73. The normalized spacial score (nSPS) is 27.5. The molecule has 2 rings (SSSR count). The molecule has 0 aromatic rings. The van der Waals surface area contributed by atoms with Crippen LogP contribution in [-0.2, 0) is 28.5 Å². The van der Waals surface area contributed by atoms with Crippen molar-refractivity contribution >= 4 is 11.9 Å². The van der Waals surface area contributed by atoms with E-state index in [0.29, 0.717) is 6.42 Å². The first-order valence-electron chi connectivity index (χ1n) is 14.7. The number of ether oxygens (including phenoxy) is 4. The van der Waals surface area contributed by atoms with Gasteiger partial charge in [-0.2, -0.15) is 0 Å². The smallest absolute Gasteiger partial charge is 0.378 e. The lowest BCUT2D eigenvalue weighted by Crippen LogP contribution is -2.59. The van der Waals surface area contributed by atoms with E-state index in [1.165, 1.54) is 57.8 Å². The van der Waals surface area contributed by atoms with Crippen LogP contribution >= 0.6 is 0 Å². The molecule has 0 amide bonds. The van der Waals surface area contributed by atoms with E-state index in [1.807, 2.05) is 0 Å². The molecule has 40 heavy (non-hydrogen) atoms. The Morgan fingerprint density at radius 1 is 0.875 bits per heavy atom. The summed E-state index contributed by atoms with van der Waals surface area (Å²) in [6.07, 6.45) is 4.10. The zero-order chi connectivity index (χ0) is 29.5. The number of rotatable bonds is 20. The van der Waals surface area contributed by atoms with Gasteiger partial charge in [0.05, 0.1) is 6.61 Å². The van der Waals surface area contributed by atoms with E-state index in [1.54, 1.807) is 0 Å². The summed E-state index contributed by atoms with van der Waals surface area (Å²) in [5, 5.41) is 59.5. The van der Waals surface area contributed by atoms with Crippen LogP contribution in [0.15, 0.2) is 11.5 Å². The monoisotopic (exact) mass is 576 g/mol. The molecule has 0 aliphatic carbocycles. The molecular weight excluding hydrogens is 528 g/mol. The van der Waals surface area contributed by atoms with Crippen LogP contribution in [0.2, 0.25) is 0 Å². The Kier molecular flexibility index (Phi) is 15.8. The van der Waals surface area contributed by atoms with Crippen molar-refractivity contribution in [2.45, 2.75) is 140 Å². The van der Waals surface area contributed by atoms with Gasteiger partial charge < -0.3 is 49.6 Å². The van der Waals surface area contributed by atoms with Gasteiger partial charge >= 0.3 is 11.9 Å². The SMILES string of the molecule is CCCCCCCCCCCCCCCC(=O)OC[C@H]1O[C@@H](OC2=C(O)C([C@@H](O)CO)OC2=O)[C@H](O)[C@@H](O)[C@@H]1O. The van der Waals surface area contributed by atoms with Gasteiger partial charge in [-0.15, -0.1) is 0 Å². The largest absolute Gasteiger partial charge is 0.505 e. The molecule has 12 nitrogen and oxygen atoms in total. The molecule has 0 aromatic heterocycles. The molecule has 7 atom stereocenters. The van der Waals surface area contributed by atoms with E-state index in [2.05, 4.69) is 6.92 Å². The van der Waals surface area contributed by atoms with Gasteiger partial charge in [0.2, 0.25) is 12.0 Å². The summed E-state index contributed by atoms with van der Waals surface area (Å²) in [7, 11) is 0. The Labute approximate surface area is 235 Å². The Hall–Kier alpha value is -1.96. The maximum absolute atomic E-state index is 12.2. The molecule has 0 saturated carbocycles. The molecule has 2 aliphatic heterocycles. The van der Waals surface area contributed by atoms with Crippen LogP contribution in [0, 0.1) is 0 Å². The van der Waals surface area contributed by atoms with Crippen molar-refractivity contribution in [2.24, 2.45) is 0 Å². The topological polar surface area (TPSA) is 192 Å². The second-order valence-corrected chi connectivity index (χ2v) is 10.6. The van der Waals surface area contributed by atoms with Crippen LogP contribution in [-0.4, -0.2) is 98.7 Å². The number of carbonyl (C=O) groups excluding carboxylic acids is 2. The molecule has 0 radical (unpaired) electrons. The first-order chi connectivity index (χ1) is 19.2. The third kappa shape index (κ3) is 10.8. The Morgan fingerprint density at radius 3 is 1.98 bits per heavy atom. The van der Waals surface area contributed by atoms with E-state index in [-0.39, 0.29) is 6.42 Å². The minimum Gasteiger partial charge on any atom is -0.505 e. The summed E-state index contributed by atoms with van der Waals surface area (Å²) >= 11 is 0. The van der Waals surface area contributed by atoms with Crippen molar-refractivity contribution in [2.75, 3.05) is 13.2 Å². The highest BCUT2D eigenvalue weighted by atomic mass is 16.7. The van der Waals surface area contributed by atoms with Crippen LogP contribution in [0.1, 0.15) is 96.8 Å². The number of hydrogen-bond acceptors (Lipinski definition) is 12. The summed E-state index contributed by atoms with van der Waals surface area (Å²) < 4.78 is 20.5. The van der Waals surface area contributed by atoms with Gasteiger partial charge in [-0.25, -0.2) is 4.79 Å². The zero-order valence-electron chi connectivity index (χ0n) is 23.5. The maximum Gasteiger partial charge on any atom is 0.378 e. The average Bonchev–Trinajstić information content (AvgIpc) is 3.22. The van der Waals surface area contributed by atoms with Crippen LogP contribution in [0.25, 0.3) is 0 Å². The standard InChI is InChI=1S/C28H48O12/c1-2-3-4-5-6-7-8-9-10-11-12-13-14-15-20(31)37-17-19-21(32)22(33)23(34)28(38-19)40-26-24(35)25(18(30)16-29)39-27(26)36/h18-19,21-23,25,28-30,32-35H,2-17H2,1H3/t18-,19+,21+,22-,23+,25?,28-/m0/s1. The summed E-state index contributed by atoms with van der Waals surface area (Å²) in [6, 6.07) is 0. The van der Waals surface area contributed by atoms with E-state index < -0.39 is 79.6 Å². The highest BCUT2D eigenvalue weighted by molar-refractivity contribution is 5.89. The van der Waals surface area contributed by atoms with Gasteiger partial charge in [0.1, 0.15) is 37.1 Å². The molecule has 2 heterocycles. The summed E-state index contributed by atoms with van der Waals surface area (Å²) in [5.74, 6) is -3.31. The fourth-order valence-electron chi connectivity index (χ4n) is 4.73. The van der Waals surface area contributed by atoms with Crippen LogP contribution < -0.4 is 0 Å². The number of aliphatic hydroxyl groups excluding tert-OH is 6. The number of carbonyl (C=O) groups is 2. The quantitative estimate of drug-likeness (QED) is 0.0912. The van der Waals surface area contributed by atoms with Crippen molar-refractivity contribution < 1.29 is 59.2 Å². The summed E-state index contributed by atoms with van der Waals surface area (Å²) in [4.78, 5) is 24.2. The molecule has 0 bridgehead atoms.